The molecule has 4 aliphatic rings. The average Bonchev–Trinajstić information content (AvgIpc) is 3.41. The third-order valence-corrected chi connectivity index (χ3v) is 7.08. The van der Waals surface area contributed by atoms with Crippen LogP contribution in [-0.2, 0) is 15.8 Å². The second-order valence-electron chi connectivity index (χ2n) is 9.37. The Hall–Kier alpha value is -4.12. The summed E-state index contributed by atoms with van der Waals surface area (Å²) in [5.74, 6) is -4.04. The molecule has 0 aliphatic carbocycles. The number of nitrogens with zero attached hydrogens (tertiary/aromatic N) is 4. The molecule has 9 N–H and O–H groups in total. The molecule has 0 radical (unpaired) electrons. The van der Waals surface area contributed by atoms with Gasteiger partial charge in [-0.3, -0.25) is 14.5 Å². The van der Waals surface area contributed by atoms with Gasteiger partial charge in [0.1, 0.15) is 12.1 Å². The van der Waals surface area contributed by atoms with Gasteiger partial charge < -0.3 is 42.5 Å². The molecule has 2 fully saturated rings. The Bertz CT molecular complexity index is 1250. The normalized spacial score (nSPS) is 29.9. The van der Waals surface area contributed by atoms with E-state index in [4.69, 9.17) is 11.5 Å². The Balaban J connectivity index is 1.39. The van der Waals surface area contributed by atoms with E-state index in [-0.39, 0.29) is 43.5 Å². The molecule has 5 rings (SSSR count). The maximum Gasteiger partial charge on any atom is 0.416 e. The molecule has 204 valence electrons. The number of urea groups is 1. The van der Waals surface area contributed by atoms with Crippen molar-refractivity contribution in [2.75, 3.05) is 18.4 Å². The van der Waals surface area contributed by atoms with Gasteiger partial charge in [0.2, 0.25) is 17.6 Å². The van der Waals surface area contributed by atoms with Crippen LogP contribution in [0.15, 0.2) is 34.3 Å². The Morgan fingerprint density at radius 1 is 1.18 bits per heavy atom. The van der Waals surface area contributed by atoms with Gasteiger partial charge in [-0.05, 0) is 18.2 Å². The van der Waals surface area contributed by atoms with Crippen molar-refractivity contribution in [3.63, 3.8) is 0 Å². The molecule has 4 aliphatic heterocycles. The number of hydrogen-bond acceptors (Lipinski definition) is 11. The van der Waals surface area contributed by atoms with Gasteiger partial charge in [-0.15, -0.1) is 0 Å². The second kappa shape index (κ2) is 8.45. The van der Waals surface area contributed by atoms with Gasteiger partial charge >= 0.3 is 12.2 Å². The fourth-order valence-corrected chi connectivity index (χ4v) is 5.35. The van der Waals surface area contributed by atoms with Crippen molar-refractivity contribution < 1.29 is 37.8 Å². The lowest BCUT2D eigenvalue weighted by molar-refractivity contribution is -0.230. The average molecular weight is 539 g/mol. The molecule has 17 heteroatoms. The van der Waals surface area contributed by atoms with Crippen LogP contribution in [0.5, 0.6) is 0 Å². The summed E-state index contributed by atoms with van der Waals surface area (Å²) in [5, 5.41) is 30.0. The number of carbonyl (C=O) groups excluding carboxylic acids is 3. The lowest BCUT2D eigenvalue weighted by Crippen LogP contribution is -2.78. The first kappa shape index (κ1) is 25.5. The number of nitrogens with two attached hydrogens (primary N) is 2. The van der Waals surface area contributed by atoms with E-state index in [2.05, 4.69) is 25.9 Å². The first-order valence-electron chi connectivity index (χ1n) is 11.5. The van der Waals surface area contributed by atoms with E-state index >= 15 is 0 Å². The van der Waals surface area contributed by atoms with E-state index in [1.165, 1.54) is 11.0 Å². The summed E-state index contributed by atoms with van der Waals surface area (Å²) in [5.41, 5.74) is 8.93. The molecular formula is C21H24F3N9O5. The number of nitrogens with one attached hydrogen (secondary N) is 3. The summed E-state index contributed by atoms with van der Waals surface area (Å²) in [6.45, 7) is -0.541. The van der Waals surface area contributed by atoms with Crippen molar-refractivity contribution in [2.45, 2.75) is 48.6 Å². The Kier molecular flexibility index (Phi) is 5.68. The zero-order valence-corrected chi connectivity index (χ0v) is 19.6. The highest BCUT2D eigenvalue weighted by molar-refractivity contribution is 6.02. The molecule has 14 nitrogen and oxygen atoms in total. The van der Waals surface area contributed by atoms with Crippen LogP contribution in [0.1, 0.15) is 18.4 Å². The largest absolute Gasteiger partial charge is 0.416 e. The summed E-state index contributed by atoms with van der Waals surface area (Å²) in [6, 6.07) is -0.742. The summed E-state index contributed by atoms with van der Waals surface area (Å²) in [4.78, 5) is 47.8. The van der Waals surface area contributed by atoms with Gasteiger partial charge in [0.05, 0.1) is 18.2 Å². The highest BCUT2D eigenvalue weighted by atomic mass is 19.4. The van der Waals surface area contributed by atoms with Crippen molar-refractivity contribution in [2.24, 2.45) is 21.5 Å². The summed E-state index contributed by atoms with van der Waals surface area (Å²) in [6.07, 6.45) is -4.56. The van der Waals surface area contributed by atoms with E-state index in [0.29, 0.717) is 0 Å². The van der Waals surface area contributed by atoms with Gasteiger partial charge in [0.25, 0.3) is 0 Å². The minimum absolute atomic E-state index is 0.0350. The number of aliphatic imine (C=N–C) groups is 2. The molecular weight excluding hydrogens is 515 g/mol. The van der Waals surface area contributed by atoms with Crippen molar-refractivity contribution >= 4 is 35.5 Å². The van der Waals surface area contributed by atoms with Crippen LogP contribution in [0.3, 0.4) is 0 Å². The third kappa shape index (κ3) is 3.85. The topological polar surface area (TPSA) is 211 Å². The number of anilines is 1. The van der Waals surface area contributed by atoms with Crippen molar-refractivity contribution in [1.29, 1.82) is 0 Å². The number of benzene rings is 1. The first-order valence-corrected chi connectivity index (χ1v) is 11.5. The maximum absolute atomic E-state index is 13.0. The van der Waals surface area contributed by atoms with Crippen LogP contribution >= 0.6 is 0 Å². The predicted molar refractivity (Wildman–Crippen MR) is 124 cm³/mol. The molecule has 2 unspecified atom stereocenters. The lowest BCUT2D eigenvalue weighted by atomic mass is 9.85. The highest BCUT2D eigenvalue weighted by Gasteiger charge is 2.73. The van der Waals surface area contributed by atoms with E-state index in [1.54, 1.807) is 0 Å². The molecule has 4 heterocycles. The first-order chi connectivity index (χ1) is 17.7. The fraction of sp³-hybridized carbons (Fsp3) is 0.476. The Labute approximate surface area is 212 Å². The summed E-state index contributed by atoms with van der Waals surface area (Å²) < 4.78 is 39.0. The molecule has 4 atom stereocenters. The van der Waals surface area contributed by atoms with Crippen LogP contribution in [0.4, 0.5) is 23.7 Å². The number of imide groups is 1. The van der Waals surface area contributed by atoms with Crippen molar-refractivity contribution in [3.05, 3.63) is 29.8 Å². The van der Waals surface area contributed by atoms with Crippen molar-refractivity contribution in [1.82, 2.24) is 20.4 Å². The van der Waals surface area contributed by atoms with Crippen LogP contribution in [-0.4, -0.2) is 92.4 Å². The molecule has 1 aromatic carbocycles. The quantitative estimate of drug-likeness (QED) is 0.167. The van der Waals surface area contributed by atoms with E-state index < -0.39 is 59.2 Å². The Morgan fingerprint density at radius 2 is 1.87 bits per heavy atom. The van der Waals surface area contributed by atoms with Crippen molar-refractivity contribution in [3.8, 4) is 0 Å². The Morgan fingerprint density at radius 3 is 2.53 bits per heavy atom. The van der Waals surface area contributed by atoms with Gasteiger partial charge in [-0.2, -0.15) is 13.2 Å². The number of amides is 4. The molecule has 0 bridgehead atoms. The second-order valence-corrected chi connectivity index (χ2v) is 9.37. The smallest absolute Gasteiger partial charge is 0.370 e. The molecule has 1 aromatic rings. The monoisotopic (exact) mass is 539 g/mol. The summed E-state index contributed by atoms with van der Waals surface area (Å²) in [7, 11) is 0. The molecule has 0 saturated carbocycles. The number of guanidine groups is 2. The van der Waals surface area contributed by atoms with Gasteiger partial charge in [-0.1, -0.05) is 6.07 Å². The SMILES string of the molecule is NC1=N[C@H]2C(CN3C(=O)CCC3=O)N=C(N)N3CC(NC(=O)Nc4cccc(C(F)(F)F)c4)C(O)(O)[C@]23N1. The maximum atomic E-state index is 13.0. The molecule has 0 aromatic heterocycles. The number of alkyl halides is 3. The zero-order chi connectivity index (χ0) is 27.6. The predicted octanol–water partition coefficient (Wildman–Crippen LogP) is -1.98. The van der Waals surface area contributed by atoms with E-state index in [9.17, 15) is 37.8 Å². The number of carbonyl (C=O) groups is 3. The standard InChI is InChI=1S/C21H24F3N9O5/c22-21(23,24)9-2-1-3-10(6-9)27-18(36)29-12-8-33-17(26)28-11(7-32-13(34)4-5-14(32)35)15-19(33,20(12,37)38)31-16(25)30-15/h1-3,6,11-12,15,37-38H,4-5,7-8H2,(H2,26,28)(H3,25,30,31)(H2,27,29,36)/t11?,12?,15-,19-/m0/s1. The number of hydrogen-bond donors (Lipinski definition) is 7. The third-order valence-electron chi connectivity index (χ3n) is 7.08. The number of halogens is 3. The van der Waals surface area contributed by atoms with Crippen LogP contribution in [0.2, 0.25) is 0 Å². The van der Waals surface area contributed by atoms with Gasteiger partial charge in [0.15, 0.2) is 17.6 Å². The van der Waals surface area contributed by atoms with Gasteiger partial charge in [0, 0.05) is 25.1 Å². The van der Waals surface area contributed by atoms with Gasteiger partial charge in [-0.25, -0.2) is 14.8 Å². The van der Waals surface area contributed by atoms with E-state index in [1.807, 2.05) is 0 Å². The van der Waals surface area contributed by atoms with E-state index in [0.717, 1.165) is 23.1 Å². The number of aliphatic hydroxyl groups is 2. The lowest BCUT2D eigenvalue weighted by Gasteiger charge is -2.49. The molecule has 1 spiro atoms. The minimum Gasteiger partial charge on any atom is -0.370 e. The fourth-order valence-electron chi connectivity index (χ4n) is 5.35. The summed E-state index contributed by atoms with van der Waals surface area (Å²) >= 11 is 0. The molecule has 2 saturated heterocycles. The molecule has 38 heavy (non-hydrogen) atoms. The number of rotatable bonds is 4. The zero-order valence-electron chi connectivity index (χ0n) is 19.6. The van der Waals surface area contributed by atoms with Crippen LogP contribution in [0, 0.1) is 0 Å². The van der Waals surface area contributed by atoms with Crippen LogP contribution in [0.25, 0.3) is 0 Å². The minimum atomic E-state index is -4.63. The molecule has 4 amide bonds. The van der Waals surface area contributed by atoms with Crippen LogP contribution < -0.4 is 27.4 Å². The highest BCUT2D eigenvalue weighted by Crippen LogP contribution is 2.45. The number of likely N-dealkylation sites (tertiary alicyclic amines) is 1.